The van der Waals surface area contributed by atoms with Gasteiger partial charge in [0.15, 0.2) is 0 Å². The lowest BCUT2D eigenvalue weighted by molar-refractivity contribution is 0.00348. The first kappa shape index (κ1) is 14.9. The van der Waals surface area contributed by atoms with Gasteiger partial charge in [-0.1, -0.05) is 11.6 Å². The fraction of sp³-hybridized carbons (Fsp3) is 0.462. The molecular formula is C13H17ClN2O4. The second-order valence-corrected chi connectivity index (χ2v) is 4.92. The predicted molar refractivity (Wildman–Crippen MR) is 76.2 cm³/mol. The van der Waals surface area contributed by atoms with Crippen molar-refractivity contribution in [2.24, 2.45) is 0 Å². The number of nitrogens with two attached hydrogens (primary N) is 1. The maximum absolute atomic E-state index is 11.9. The number of aliphatic hydroxyl groups is 1. The van der Waals surface area contributed by atoms with Crippen molar-refractivity contribution in [2.45, 2.75) is 6.10 Å². The van der Waals surface area contributed by atoms with Crippen LogP contribution in [0, 0.1) is 0 Å². The molecular weight excluding hydrogens is 284 g/mol. The van der Waals surface area contributed by atoms with Crippen LogP contribution in [0.2, 0.25) is 5.02 Å². The number of benzene rings is 1. The van der Waals surface area contributed by atoms with E-state index in [0.29, 0.717) is 41.7 Å². The minimum atomic E-state index is -0.499. The second kappa shape index (κ2) is 6.30. The van der Waals surface area contributed by atoms with Gasteiger partial charge in [0.1, 0.15) is 0 Å². The van der Waals surface area contributed by atoms with Gasteiger partial charge in [0, 0.05) is 18.8 Å². The topological polar surface area (TPSA) is 85.0 Å². The van der Waals surface area contributed by atoms with Crippen LogP contribution in [-0.4, -0.2) is 50.6 Å². The average molecular weight is 301 g/mol. The van der Waals surface area contributed by atoms with Crippen LogP contribution in [0.15, 0.2) is 12.1 Å². The van der Waals surface area contributed by atoms with Gasteiger partial charge in [-0.3, -0.25) is 0 Å². The molecule has 1 atom stereocenters. The number of rotatable bonds is 3. The highest BCUT2D eigenvalue weighted by molar-refractivity contribution is 6.34. The van der Waals surface area contributed by atoms with Crippen LogP contribution in [-0.2, 0) is 9.47 Å². The van der Waals surface area contributed by atoms with E-state index in [1.54, 1.807) is 6.07 Å². The van der Waals surface area contributed by atoms with Crippen molar-refractivity contribution in [3.63, 3.8) is 0 Å². The lowest BCUT2D eigenvalue weighted by atomic mass is 10.1. The Morgan fingerprint density at radius 3 is 3.05 bits per heavy atom. The maximum Gasteiger partial charge on any atom is 0.340 e. The van der Waals surface area contributed by atoms with Crippen molar-refractivity contribution in [2.75, 3.05) is 44.0 Å². The maximum atomic E-state index is 11.9. The number of carbonyl (C=O) groups is 1. The van der Waals surface area contributed by atoms with Gasteiger partial charge < -0.3 is 25.2 Å². The molecule has 1 aliphatic rings. The molecule has 1 saturated heterocycles. The van der Waals surface area contributed by atoms with E-state index >= 15 is 0 Å². The van der Waals surface area contributed by atoms with Crippen LogP contribution in [0.3, 0.4) is 0 Å². The second-order valence-electron chi connectivity index (χ2n) is 4.51. The molecule has 1 aliphatic heterocycles. The number of halogens is 1. The lowest BCUT2D eigenvalue weighted by Gasteiger charge is -2.35. The molecule has 0 saturated carbocycles. The average Bonchev–Trinajstić information content (AvgIpc) is 2.45. The number of hydrogen-bond donors (Lipinski definition) is 2. The summed E-state index contributed by atoms with van der Waals surface area (Å²) >= 11 is 6.23. The van der Waals surface area contributed by atoms with Crippen molar-refractivity contribution in [1.82, 2.24) is 0 Å². The van der Waals surface area contributed by atoms with Gasteiger partial charge in [-0.25, -0.2) is 4.79 Å². The molecule has 0 amide bonds. The van der Waals surface area contributed by atoms with Gasteiger partial charge in [0.2, 0.25) is 0 Å². The number of morpholine rings is 1. The van der Waals surface area contributed by atoms with E-state index in [2.05, 4.69) is 0 Å². The highest BCUT2D eigenvalue weighted by Gasteiger charge is 2.26. The molecule has 1 fully saturated rings. The zero-order valence-corrected chi connectivity index (χ0v) is 11.9. The van der Waals surface area contributed by atoms with Gasteiger partial charge in [-0.2, -0.15) is 0 Å². The Morgan fingerprint density at radius 1 is 1.65 bits per heavy atom. The van der Waals surface area contributed by atoms with Gasteiger partial charge in [-0.05, 0) is 12.1 Å². The molecule has 110 valence electrons. The molecule has 1 aromatic rings. The number of nitrogen functional groups attached to an aromatic ring is 1. The predicted octanol–water partition coefficient (Wildman–Crippen LogP) is 0.906. The molecule has 0 aromatic heterocycles. The third-order valence-corrected chi connectivity index (χ3v) is 3.44. The van der Waals surface area contributed by atoms with Crippen molar-refractivity contribution in [3.8, 4) is 0 Å². The summed E-state index contributed by atoms with van der Waals surface area (Å²) < 4.78 is 10.2. The third kappa shape index (κ3) is 2.98. The summed E-state index contributed by atoms with van der Waals surface area (Å²) in [4.78, 5) is 13.8. The van der Waals surface area contributed by atoms with Crippen LogP contribution >= 0.6 is 11.6 Å². The fourth-order valence-corrected chi connectivity index (χ4v) is 2.59. The summed E-state index contributed by atoms with van der Waals surface area (Å²) in [6.07, 6.45) is -0.303. The van der Waals surface area contributed by atoms with Crippen LogP contribution in [0.1, 0.15) is 10.4 Å². The first-order chi connectivity index (χ1) is 9.56. The zero-order chi connectivity index (χ0) is 14.7. The standard InChI is InChI=1S/C13H17ClN2O4/c1-19-13(18)10-4-8(15)5-11(14)12(10)16-2-3-20-9(6-16)7-17/h4-5,9,17H,2-3,6-7,15H2,1H3. The highest BCUT2D eigenvalue weighted by Crippen LogP contribution is 2.34. The van der Waals surface area contributed by atoms with E-state index in [4.69, 9.17) is 26.8 Å². The molecule has 3 N–H and O–H groups in total. The molecule has 0 spiro atoms. The highest BCUT2D eigenvalue weighted by atomic mass is 35.5. The SMILES string of the molecule is COC(=O)c1cc(N)cc(Cl)c1N1CCOC(CO)C1. The first-order valence-electron chi connectivity index (χ1n) is 6.21. The van der Waals surface area contributed by atoms with Gasteiger partial charge in [0.25, 0.3) is 0 Å². The van der Waals surface area contributed by atoms with Crippen LogP contribution in [0.25, 0.3) is 0 Å². The molecule has 2 rings (SSSR count). The molecule has 7 heteroatoms. The summed E-state index contributed by atoms with van der Waals surface area (Å²) in [5, 5.41) is 9.58. The van der Waals surface area contributed by atoms with Crippen LogP contribution in [0.5, 0.6) is 0 Å². The Hall–Kier alpha value is -1.50. The molecule has 20 heavy (non-hydrogen) atoms. The Morgan fingerprint density at radius 2 is 2.40 bits per heavy atom. The van der Waals surface area contributed by atoms with Crippen molar-refractivity contribution in [1.29, 1.82) is 0 Å². The summed E-state index contributed by atoms with van der Waals surface area (Å²) in [7, 11) is 1.30. The lowest BCUT2D eigenvalue weighted by Crippen LogP contribution is -2.44. The minimum absolute atomic E-state index is 0.0867. The Balaban J connectivity index is 2.41. The Bertz CT molecular complexity index is 509. The van der Waals surface area contributed by atoms with Gasteiger partial charge in [0.05, 0.1) is 42.7 Å². The summed E-state index contributed by atoms with van der Waals surface area (Å²) in [6, 6.07) is 3.13. The van der Waals surface area contributed by atoms with Crippen molar-refractivity contribution in [3.05, 3.63) is 22.7 Å². The number of ether oxygens (including phenoxy) is 2. The summed E-state index contributed by atoms with van der Waals surface area (Å²) in [5.74, 6) is -0.499. The van der Waals surface area contributed by atoms with Crippen LogP contribution < -0.4 is 10.6 Å². The smallest absolute Gasteiger partial charge is 0.340 e. The quantitative estimate of drug-likeness (QED) is 0.637. The number of hydrogen-bond acceptors (Lipinski definition) is 6. The largest absolute Gasteiger partial charge is 0.465 e. The van der Waals surface area contributed by atoms with Crippen molar-refractivity contribution >= 4 is 28.9 Å². The molecule has 1 aromatic carbocycles. The number of esters is 1. The molecule has 0 bridgehead atoms. The van der Waals surface area contributed by atoms with Gasteiger partial charge >= 0.3 is 5.97 Å². The van der Waals surface area contributed by atoms with E-state index in [1.165, 1.54) is 13.2 Å². The minimum Gasteiger partial charge on any atom is -0.465 e. The van der Waals surface area contributed by atoms with E-state index in [1.807, 2.05) is 4.90 Å². The summed E-state index contributed by atoms with van der Waals surface area (Å²) in [6.45, 7) is 1.39. The van der Waals surface area contributed by atoms with E-state index in [0.717, 1.165) is 0 Å². The fourth-order valence-electron chi connectivity index (χ4n) is 2.24. The molecule has 0 radical (unpaired) electrons. The first-order valence-corrected chi connectivity index (χ1v) is 6.59. The number of carbonyl (C=O) groups excluding carboxylic acids is 1. The normalized spacial score (nSPS) is 18.9. The van der Waals surface area contributed by atoms with Crippen molar-refractivity contribution < 1.29 is 19.4 Å². The monoisotopic (exact) mass is 300 g/mol. The van der Waals surface area contributed by atoms with E-state index < -0.39 is 5.97 Å². The number of anilines is 2. The van der Waals surface area contributed by atoms with Gasteiger partial charge in [-0.15, -0.1) is 0 Å². The zero-order valence-electron chi connectivity index (χ0n) is 11.1. The van der Waals surface area contributed by atoms with E-state index in [-0.39, 0.29) is 12.7 Å². The number of nitrogens with zero attached hydrogens (tertiary/aromatic N) is 1. The van der Waals surface area contributed by atoms with Crippen LogP contribution in [0.4, 0.5) is 11.4 Å². The third-order valence-electron chi connectivity index (χ3n) is 3.15. The molecule has 0 aliphatic carbocycles. The molecule has 1 heterocycles. The Labute approximate surface area is 122 Å². The summed E-state index contributed by atoms with van der Waals surface area (Å²) in [5.41, 5.74) is 7.00. The molecule has 1 unspecified atom stereocenters. The number of aliphatic hydroxyl groups excluding tert-OH is 1. The molecule has 6 nitrogen and oxygen atoms in total. The van der Waals surface area contributed by atoms with E-state index in [9.17, 15) is 9.90 Å². The number of methoxy groups -OCH3 is 1. The Kier molecular flexibility index (Phi) is 4.69.